The van der Waals surface area contributed by atoms with Crippen LogP contribution in [0.1, 0.15) is 24.0 Å². The number of pyridine rings is 1. The summed E-state index contributed by atoms with van der Waals surface area (Å²) in [7, 11) is 0. The predicted octanol–water partition coefficient (Wildman–Crippen LogP) is 3.90. The molecule has 1 aromatic carbocycles. The Hall–Kier alpha value is -2.07. The minimum atomic E-state index is 0.187. The summed E-state index contributed by atoms with van der Waals surface area (Å²) in [5.74, 6) is 1.58. The zero-order valence-electron chi connectivity index (χ0n) is 14.5. The summed E-state index contributed by atoms with van der Waals surface area (Å²) in [5, 5.41) is 0.696. The van der Waals surface area contributed by atoms with E-state index in [-0.39, 0.29) is 5.91 Å². The molecule has 0 aliphatic carbocycles. The van der Waals surface area contributed by atoms with Crippen molar-refractivity contribution in [3.05, 3.63) is 58.9 Å². The average molecular weight is 359 g/mol. The first kappa shape index (κ1) is 17.7. The van der Waals surface area contributed by atoms with E-state index in [0.29, 0.717) is 24.0 Å². The van der Waals surface area contributed by atoms with Crippen LogP contribution in [0.25, 0.3) is 0 Å². The van der Waals surface area contributed by atoms with E-state index in [0.717, 1.165) is 42.8 Å². The van der Waals surface area contributed by atoms with Crippen molar-refractivity contribution in [3.8, 4) is 5.75 Å². The third-order valence-corrected chi connectivity index (χ3v) is 4.93. The summed E-state index contributed by atoms with van der Waals surface area (Å²) < 4.78 is 5.92. The molecule has 0 N–H and O–H groups in total. The van der Waals surface area contributed by atoms with Crippen LogP contribution in [0.4, 0.5) is 0 Å². The van der Waals surface area contributed by atoms with Crippen LogP contribution in [0.5, 0.6) is 5.75 Å². The lowest BCUT2D eigenvalue weighted by Gasteiger charge is -2.32. The van der Waals surface area contributed by atoms with Gasteiger partial charge in [0.25, 0.3) is 0 Å². The van der Waals surface area contributed by atoms with Gasteiger partial charge in [-0.25, -0.2) is 0 Å². The number of hydrogen-bond acceptors (Lipinski definition) is 3. The lowest BCUT2D eigenvalue weighted by Crippen LogP contribution is -2.40. The number of rotatable bonds is 5. The van der Waals surface area contributed by atoms with Gasteiger partial charge >= 0.3 is 0 Å². The number of hydrogen-bond donors (Lipinski definition) is 0. The van der Waals surface area contributed by atoms with Crippen molar-refractivity contribution in [2.45, 2.75) is 26.2 Å². The Morgan fingerprint density at radius 3 is 2.64 bits per heavy atom. The standard InChI is InChI=1S/C20H23ClN2O2/c1-15-13-22-9-6-19(15)25-14-17-7-10-23(11-8-17)20(24)12-16-2-4-18(21)5-3-16/h2-6,9,13,17H,7-8,10-12,14H2,1H3. The van der Waals surface area contributed by atoms with E-state index in [9.17, 15) is 4.79 Å². The number of ether oxygens (including phenoxy) is 1. The number of nitrogens with zero attached hydrogens (tertiary/aromatic N) is 2. The van der Waals surface area contributed by atoms with Gasteiger partial charge in [0.05, 0.1) is 13.0 Å². The second-order valence-electron chi connectivity index (χ2n) is 6.58. The van der Waals surface area contributed by atoms with Gasteiger partial charge < -0.3 is 9.64 Å². The lowest BCUT2D eigenvalue weighted by molar-refractivity contribution is -0.132. The van der Waals surface area contributed by atoms with Gasteiger partial charge in [-0.2, -0.15) is 0 Å². The lowest BCUT2D eigenvalue weighted by atomic mass is 9.97. The summed E-state index contributed by atoms with van der Waals surface area (Å²) in [6.07, 6.45) is 5.97. The molecule has 5 heteroatoms. The number of carbonyl (C=O) groups excluding carboxylic acids is 1. The van der Waals surface area contributed by atoms with E-state index >= 15 is 0 Å². The van der Waals surface area contributed by atoms with Crippen LogP contribution in [-0.4, -0.2) is 35.5 Å². The zero-order chi connectivity index (χ0) is 17.6. The second kappa shape index (κ2) is 8.34. The fourth-order valence-corrected chi connectivity index (χ4v) is 3.19. The maximum atomic E-state index is 12.4. The first-order valence-electron chi connectivity index (χ1n) is 8.67. The van der Waals surface area contributed by atoms with Crippen LogP contribution < -0.4 is 4.74 Å². The molecular weight excluding hydrogens is 336 g/mol. The van der Waals surface area contributed by atoms with Crippen LogP contribution in [0, 0.1) is 12.8 Å². The van der Waals surface area contributed by atoms with Gasteiger partial charge in [0.15, 0.2) is 0 Å². The summed E-state index contributed by atoms with van der Waals surface area (Å²) >= 11 is 5.89. The molecule has 0 atom stereocenters. The van der Waals surface area contributed by atoms with Crippen LogP contribution in [-0.2, 0) is 11.2 Å². The van der Waals surface area contributed by atoms with Crippen LogP contribution in [0.3, 0.4) is 0 Å². The van der Waals surface area contributed by atoms with Crippen molar-refractivity contribution in [2.24, 2.45) is 5.92 Å². The average Bonchev–Trinajstić information content (AvgIpc) is 2.63. The van der Waals surface area contributed by atoms with Gasteiger partial charge in [-0.3, -0.25) is 9.78 Å². The number of carbonyl (C=O) groups is 1. The van der Waals surface area contributed by atoms with Gasteiger partial charge in [0.2, 0.25) is 5.91 Å². The summed E-state index contributed by atoms with van der Waals surface area (Å²) in [6, 6.07) is 9.39. The predicted molar refractivity (Wildman–Crippen MR) is 98.9 cm³/mol. The van der Waals surface area contributed by atoms with E-state index in [1.54, 1.807) is 6.20 Å². The van der Waals surface area contributed by atoms with Crippen LogP contribution >= 0.6 is 11.6 Å². The minimum absolute atomic E-state index is 0.187. The van der Waals surface area contributed by atoms with E-state index in [4.69, 9.17) is 16.3 Å². The number of amides is 1. The van der Waals surface area contributed by atoms with Crippen LogP contribution in [0.2, 0.25) is 5.02 Å². The summed E-state index contributed by atoms with van der Waals surface area (Å²) in [4.78, 5) is 18.5. The first-order valence-corrected chi connectivity index (χ1v) is 9.05. The Morgan fingerprint density at radius 1 is 1.24 bits per heavy atom. The Labute approximate surface area is 153 Å². The minimum Gasteiger partial charge on any atom is -0.493 e. The van der Waals surface area contributed by atoms with Crippen molar-refractivity contribution in [3.63, 3.8) is 0 Å². The van der Waals surface area contributed by atoms with Gasteiger partial charge in [-0.1, -0.05) is 23.7 Å². The number of aromatic nitrogens is 1. The van der Waals surface area contributed by atoms with Gasteiger partial charge in [0.1, 0.15) is 5.75 Å². The molecule has 0 spiro atoms. The molecule has 0 saturated carbocycles. The fraction of sp³-hybridized carbons (Fsp3) is 0.400. The Kier molecular flexibility index (Phi) is 5.92. The molecule has 1 saturated heterocycles. The normalized spacial score (nSPS) is 15.2. The molecule has 2 heterocycles. The Bertz CT molecular complexity index is 710. The monoisotopic (exact) mass is 358 g/mol. The third-order valence-electron chi connectivity index (χ3n) is 4.68. The SMILES string of the molecule is Cc1cnccc1OCC1CCN(C(=O)Cc2ccc(Cl)cc2)CC1. The molecular formula is C20H23ClN2O2. The highest BCUT2D eigenvalue weighted by Gasteiger charge is 2.23. The molecule has 1 amide bonds. The molecule has 0 unspecified atom stereocenters. The number of benzene rings is 1. The number of piperidine rings is 1. The fourth-order valence-electron chi connectivity index (χ4n) is 3.07. The Balaban J connectivity index is 1.44. The first-order chi connectivity index (χ1) is 12.1. The molecule has 3 rings (SSSR count). The van der Waals surface area contributed by atoms with Gasteiger partial charge in [0, 0.05) is 36.1 Å². The molecule has 2 aromatic rings. The Morgan fingerprint density at radius 2 is 1.96 bits per heavy atom. The van der Waals surface area contributed by atoms with Crippen molar-refractivity contribution in [1.29, 1.82) is 0 Å². The highest BCUT2D eigenvalue weighted by molar-refractivity contribution is 6.30. The highest BCUT2D eigenvalue weighted by Crippen LogP contribution is 2.22. The van der Waals surface area contributed by atoms with Crippen molar-refractivity contribution in [1.82, 2.24) is 9.88 Å². The van der Waals surface area contributed by atoms with E-state index in [1.165, 1.54) is 0 Å². The molecule has 1 aliphatic rings. The number of likely N-dealkylation sites (tertiary alicyclic amines) is 1. The third kappa shape index (κ3) is 4.95. The second-order valence-corrected chi connectivity index (χ2v) is 7.02. The maximum absolute atomic E-state index is 12.4. The summed E-state index contributed by atoms with van der Waals surface area (Å²) in [6.45, 7) is 4.30. The van der Waals surface area contributed by atoms with Gasteiger partial charge in [-0.05, 0) is 49.4 Å². The molecule has 4 nitrogen and oxygen atoms in total. The molecule has 25 heavy (non-hydrogen) atoms. The van der Waals surface area contributed by atoms with Crippen molar-refractivity contribution >= 4 is 17.5 Å². The quantitative estimate of drug-likeness (QED) is 0.814. The highest BCUT2D eigenvalue weighted by atomic mass is 35.5. The van der Waals surface area contributed by atoms with Crippen molar-refractivity contribution in [2.75, 3.05) is 19.7 Å². The zero-order valence-corrected chi connectivity index (χ0v) is 15.2. The maximum Gasteiger partial charge on any atom is 0.226 e. The van der Waals surface area contributed by atoms with E-state index in [1.807, 2.05) is 48.4 Å². The molecule has 1 aromatic heterocycles. The van der Waals surface area contributed by atoms with E-state index < -0.39 is 0 Å². The topological polar surface area (TPSA) is 42.4 Å². The smallest absolute Gasteiger partial charge is 0.226 e. The number of aryl methyl sites for hydroxylation is 1. The largest absolute Gasteiger partial charge is 0.493 e. The molecule has 0 bridgehead atoms. The van der Waals surface area contributed by atoms with E-state index in [2.05, 4.69) is 4.98 Å². The molecule has 1 aliphatic heterocycles. The molecule has 132 valence electrons. The molecule has 1 fully saturated rings. The number of halogens is 1. The van der Waals surface area contributed by atoms with Crippen LogP contribution in [0.15, 0.2) is 42.7 Å². The molecule has 0 radical (unpaired) electrons. The van der Waals surface area contributed by atoms with Crippen molar-refractivity contribution < 1.29 is 9.53 Å². The summed E-state index contributed by atoms with van der Waals surface area (Å²) in [5.41, 5.74) is 2.06. The van der Waals surface area contributed by atoms with Gasteiger partial charge in [-0.15, -0.1) is 0 Å².